The summed E-state index contributed by atoms with van der Waals surface area (Å²) in [5.74, 6) is 0.600. The van der Waals surface area contributed by atoms with E-state index in [1.165, 1.54) is 0 Å². The number of para-hydroxylation sites is 2. The largest absolute Gasteiger partial charge is 0.479 e. The molecule has 1 atom stereocenters. The first kappa shape index (κ1) is 13.1. The van der Waals surface area contributed by atoms with Crippen molar-refractivity contribution in [2.75, 3.05) is 4.90 Å². The number of carbonyl (C=O) groups is 1. The van der Waals surface area contributed by atoms with Crippen LogP contribution in [0.5, 0.6) is 5.75 Å². The van der Waals surface area contributed by atoms with Crippen LogP contribution < -0.4 is 9.64 Å². The van der Waals surface area contributed by atoms with Gasteiger partial charge in [0.2, 0.25) is 0 Å². The molecule has 0 spiro atoms. The topological polar surface area (TPSA) is 66.2 Å². The molecule has 5 heteroatoms. The second-order valence-electron chi connectivity index (χ2n) is 4.81. The zero-order valence-corrected chi connectivity index (χ0v) is 11.5. The number of ether oxygens (including phenoxy) is 1. The molecular weight excluding hydrogens is 266 g/mol. The van der Waals surface area contributed by atoms with Gasteiger partial charge in [0.15, 0.2) is 6.10 Å². The van der Waals surface area contributed by atoms with Crippen molar-refractivity contribution >= 4 is 11.6 Å². The Labute approximate surface area is 122 Å². The van der Waals surface area contributed by atoms with E-state index in [0.29, 0.717) is 18.0 Å². The number of nitrogens with zero attached hydrogens (tertiary/aromatic N) is 3. The van der Waals surface area contributed by atoms with Gasteiger partial charge in [-0.25, -0.2) is 4.98 Å². The molecule has 0 bridgehead atoms. The van der Waals surface area contributed by atoms with E-state index in [2.05, 4.69) is 4.98 Å². The summed E-state index contributed by atoms with van der Waals surface area (Å²) in [6.07, 6.45) is 1.06. The Morgan fingerprint density at radius 2 is 2.19 bits per heavy atom. The molecule has 0 fully saturated rings. The molecule has 0 N–H and O–H groups in total. The number of nitriles is 1. The van der Waals surface area contributed by atoms with Crippen LogP contribution in [0.4, 0.5) is 5.69 Å². The highest BCUT2D eigenvalue weighted by molar-refractivity contribution is 5.99. The molecule has 104 valence electrons. The number of anilines is 1. The minimum atomic E-state index is -0.517. The minimum Gasteiger partial charge on any atom is -0.479 e. The first-order chi connectivity index (χ1) is 10.2. The average Bonchev–Trinajstić information content (AvgIpc) is 2.52. The Morgan fingerprint density at radius 1 is 1.38 bits per heavy atom. The summed E-state index contributed by atoms with van der Waals surface area (Å²) >= 11 is 0. The fraction of sp³-hybridized carbons (Fsp3) is 0.188. The highest BCUT2D eigenvalue weighted by Crippen LogP contribution is 2.34. The maximum Gasteiger partial charge on any atom is 0.268 e. The van der Waals surface area contributed by atoms with Crippen molar-refractivity contribution in [1.29, 1.82) is 5.26 Å². The van der Waals surface area contributed by atoms with Crippen LogP contribution in [0.15, 0.2) is 42.6 Å². The lowest BCUT2D eigenvalue weighted by atomic mass is 10.1. The normalized spacial score (nSPS) is 16.9. The molecule has 1 aromatic heterocycles. The molecular formula is C16H13N3O2. The van der Waals surface area contributed by atoms with Crippen LogP contribution in [-0.4, -0.2) is 17.0 Å². The third-order valence-electron chi connectivity index (χ3n) is 3.35. The zero-order valence-electron chi connectivity index (χ0n) is 11.5. The van der Waals surface area contributed by atoms with Crippen LogP contribution in [0.3, 0.4) is 0 Å². The lowest BCUT2D eigenvalue weighted by Crippen LogP contribution is -2.43. The van der Waals surface area contributed by atoms with E-state index in [4.69, 9.17) is 10.00 Å². The third-order valence-corrected chi connectivity index (χ3v) is 3.35. The predicted octanol–water partition coefficient (Wildman–Crippen LogP) is 2.27. The zero-order chi connectivity index (χ0) is 14.8. The summed E-state index contributed by atoms with van der Waals surface area (Å²) < 4.78 is 5.60. The molecule has 1 aliphatic rings. The highest BCUT2D eigenvalue weighted by atomic mass is 16.5. The number of fused-ring (bicyclic) bond motifs is 1. The van der Waals surface area contributed by atoms with Crippen molar-refractivity contribution in [2.24, 2.45) is 0 Å². The van der Waals surface area contributed by atoms with Gasteiger partial charge in [-0.3, -0.25) is 4.79 Å². The molecule has 1 amide bonds. The van der Waals surface area contributed by atoms with Crippen LogP contribution in [0.25, 0.3) is 0 Å². The number of benzene rings is 1. The van der Waals surface area contributed by atoms with Gasteiger partial charge in [-0.05, 0) is 36.8 Å². The van der Waals surface area contributed by atoms with Crippen molar-refractivity contribution in [2.45, 2.75) is 19.6 Å². The van der Waals surface area contributed by atoms with Crippen LogP contribution in [-0.2, 0) is 11.3 Å². The van der Waals surface area contributed by atoms with Gasteiger partial charge in [-0.15, -0.1) is 0 Å². The second kappa shape index (κ2) is 5.25. The van der Waals surface area contributed by atoms with E-state index in [0.717, 1.165) is 11.3 Å². The van der Waals surface area contributed by atoms with Crippen LogP contribution in [0.2, 0.25) is 0 Å². The lowest BCUT2D eigenvalue weighted by molar-refractivity contribution is -0.125. The van der Waals surface area contributed by atoms with E-state index in [9.17, 15) is 4.79 Å². The monoisotopic (exact) mass is 279 g/mol. The fourth-order valence-electron chi connectivity index (χ4n) is 2.34. The van der Waals surface area contributed by atoms with Gasteiger partial charge in [0.05, 0.1) is 12.2 Å². The molecule has 2 heterocycles. The van der Waals surface area contributed by atoms with Crippen molar-refractivity contribution in [1.82, 2.24) is 4.98 Å². The van der Waals surface area contributed by atoms with Gasteiger partial charge in [0.25, 0.3) is 5.91 Å². The predicted molar refractivity (Wildman–Crippen MR) is 76.7 cm³/mol. The third kappa shape index (κ3) is 2.43. The molecule has 0 saturated carbocycles. The number of rotatable bonds is 2. The van der Waals surface area contributed by atoms with Gasteiger partial charge in [-0.2, -0.15) is 5.26 Å². The molecule has 0 saturated heterocycles. The van der Waals surface area contributed by atoms with Crippen molar-refractivity contribution in [3.63, 3.8) is 0 Å². The quantitative estimate of drug-likeness (QED) is 0.845. The van der Waals surface area contributed by atoms with E-state index in [1.807, 2.05) is 30.3 Å². The first-order valence-corrected chi connectivity index (χ1v) is 6.61. The summed E-state index contributed by atoms with van der Waals surface area (Å²) in [5, 5.41) is 8.91. The molecule has 1 aromatic carbocycles. The van der Waals surface area contributed by atoms with Crippen molar-refractivity contribution < 1.29 is 9.53 Å². The number of hydrogen-bond donors (Lipinski definition) is 0. The van der Waals surface area contributed by atoms with E-state index in [1.54, 1.807) is 30.2 Å². The van der Waals surface area contributed by atoms with E-state index < -0.39 is 6.10 Å². The van der Waals surface area contributed by atoms with Crippen LogP contribution in [0, 0.1) is 11.3 Å². The van der Waals surface area contributed by atoms with Gasteiger partial charge < -0.3 is 9.64 Å². The molecule has 2 aromatic rings. The van der Waals surface area contributed by atoms with Gasteiger partial charge >= 0.3 is 0 Å². The van der Waals surface area contributed by atoms with Crippen molar-refractivity contribution in [3.8, 4) is 11.8 Å². The van der Waals surface area contributed by atoms with Crippen molar-refractivity contribution in [3.05, 3.63) is 53.9 Å². The SMILES string of the molecule is CC1Oc2ccccc2N(Cc2ccnc(C#N)c2)C1=O. The minimum absolute atomic E-state index is 0.0935. The Hall–Kier alpha value is -2.87. The Kier molecular flexibility index (Phi) is 3.28. The molecule has 1 aliphatic heterocycles. The fourth-order valence-corrected chi connectivity index (χ4v) is 2.34. The summed E-state index contributed by atoms with van der Waals surface area (Å²) in [6.45, 7) is 2.12. The maximum atomic E-state index is 12.4. The average molecular weight is 279 g/mol. The number of aromatic nitrogens is 1. The van der Waals surface area contributed by atoms with Gasteiger partial charge in [0, 0.05) is 6.20 Å². The molecule has 0 aliphatic carbocycles. The summed E-state index contributed by atoms with van der Waals surface area (Å²) in [6, 6.07) is 12.9. The standard InChI is InChI=1S/C16H13N3O2/c1-11-16(20)19(14-4-2-3-5-15(14)21-11)10-12-6-7-18-13(8-12)9-17/h2-8,11H,10H2,1H3. The maximum absolute atomic E-state index is 12.4. The molecule has 3 rings (SSSR count). The Bertz CT molecular complexity index is 736. The van der Waals surface area contributed by atoms with Crippen LogP contribution >= 0.6 is 0 Å². The number of pyridine rings is 1. The Morgan fingerprint density at radius 3 is 3.00 bits per heavy atom. The summed E-state index contributed by atoms with van der Waals surface area (Å²) in [4.78, 5) is 18.0. The summed E-state index contributed by atoms with van der Waals surface area (Å²) in [5.41, 5.74) is 1.95. The smallest absolute Gasteiger partial charge is 0.268 e. The van der Waals surface area contributed by atoms with Gasteiger partial charge in [0.1, 0.15) is 17.5 Å². The number of hydrogen-bond acceptors (Lipinski definition) is 4. The Balaban J connectivity index is 1.97. The van der Waals surface area contributed by atoms with E-state index in [-0.39, 0.29) is 5.91 Å². The molecule has 0 radical (unpaired) electrons. The number of amides is 1. The summed E-state index contributed by atoms with van der Waals surface area (Å²) in [7, 11) is 0. The van der Waals surface area contributed by atoms with Gasteiger partial charge in [-0.1, -0.05) is 12.1 Å². The van der Waals surface area contributed by atoms with E-state index >= 15 is 0 Å². The first-order valence-electron chi connectivity index (χ1n) is 6.61. The highest BCUT2D eigenvalue weighted by Gasteiger charge is 2.31. The lowest BCUT2D eigenvalue weighted by Gasteiger charge is -2.33. The second-order valence-corrected chi connectivity index (χ2v) is 4.81. The molecule has 21 heavy (non-hydrogen) atoms. The van der Waals surface area contributed by atoms with Crippen LogP contribution in [0.1, 0.15) is 18.2 Å². The number of carbonyl (C=O) groups excluding carboxylic acids is 1. The molecule has 5 nitrogen and oxygen atoms in total. The molecule has 1 unspecified atom stereocenters.